The molecule has 7 nitrogen and oxygen atoms in total. The fraction of sp³-hybridized carbons (Fsp3) is 0.148. The van der Waals surface area contributed by atoms with Gasteiger partial charge in [-0.15, -0.1) is 11.3 Å². The number of nitrogens with zero attached hydrogens (tertiary/aromatic N) is 7. The van der Waals surface area contributed by atoms with Crippen molar-refractivity contribution in [1.29, 1.82) is 0 Å². The summed E-state index contributed by atoms with van der Waals surface area (Å²) in [6.45, 7) is 6.10. The van der Waals surface area contributed by atoms with Crippen LogP contribution in [-0.4, -0.2) is 34.1 Å². The Morgan fingerprint density at radius 2 is 1.69 bits per heavy atom. The number of benzene rings is 1. The van der Waals surface area contributed by atoms with Crippen LogP contribution in [0.4, 0.5) is 0 Å². The van der Waals surface area contributed by atoms with E-state index >= 15 is 0 Å². The number of thiazole rings is 1. The van der Waals surface area contributed by atoms with E-state index < -0.39 is 0 Å². The van der Waals surface area contributed by atoms with Crippen molar-refractivity contribution in [3.63, 3.8) is 0 Å². The van der Waals surface area contributed by atoms with Gasteiger partial charge in [0.15, 0.2) is 5.65 Å². The first-order valence-electron chi connectivity index (χ1n) is 11.5. The standard InChI is InChI=1S/C27H23N7S/c1-4-24-31-22-6-5-13-28-26(22)34(24)20-11-8-19(9-12-20)25-32-23(27-30-18(3)16-35-27)15-33(25)21-10-7-17(2)29-14-21/h5-16H,4H2,1-3H3. The maximum atomic E-state index is 4.99. The topological polar surface area (TPSA) is 74.3 Å². The number of rotatable bonds is 5. The molecule has 0 spiro atoms. The van der Waals surface area contributed by atoms with Crippen LogP contribution in [0.15, 0.2) is 72.5 Å². The Morgan fingerprint density at radius 1 is 0.857 bits per heavy atom. The van der Waals surface area contributed by atoms with Crippen LogP contribution in [0, 0.1) is 13.8 Å². The monoisotopic (exact) mass is 477 g/mol. The molecule has 0 saturated carbocycles. The summed E-state index contributed by atoms with van der Waals surface area (Å²) in [5.41, 5.74) is 7.58. The zero-order chi connectivity index (χ0) is 23.9. The van der Waals surface area contributed by atoms with Crippen LogP contribution >= 0.6 is 11.3 Å². The highest BCUT2D eigenvalue weighted by Gasteiger charge is 2.17. The van der Waals surface area contributed by atoms with E-state index in [0.717, 1.165) is 68.3 Å². The SMILES string of the molecule is CCc1nc2cccnc2n1-c1ccc(-c2nc(-c3nc(C)cs3)cn2-c2ccc(C)nc2)cc1. The lowest BCUT2D eigenvalue weighted by Crippen LogP contribution is -2.01. The lowest BCUT2D eigenvalue weighted by Gasteiger charge is -2.10. The van der Waals surface area contributed by atoms with E-state index in [-0.39, 0.29) is 0 Å². The summed E-state index contributed by atoms with van der Waals surface area (Å²) in [5, 5.41) is 2.95. The van der Waals surface area contributed by atoms with Gasteiger partial charge in [0.1, 0.15) is 27.9 Å². The molecule has 0 aliphatic rings. The molecule has 0 aliphatic carbocycles. The van der Waals surface area contributed by atoms with Crippen molar-refractivity contribution in [3.05, 3.63) is 89.7 Å². The Balaban J connectivity index is 1.46. The average molecular weight is 478 g/mol. The highest BCUT2D eigenvalue weighted by molar-refractivity contribution is 7.13. The molecule has 8 heteroatoms. The van der Waals surface area contributed by atoms with Crippen LogP contribution in [0.25, 0.3) is 44.6 Å². The van der Waals surface area contributed by atoms with Gasteiger partial charge in [-0.2, -0.15) is 0 Å². The summed E-state index contributed by atoms with van der Waals surface area (Å²) < 4.78 is 4.21. The molecule has 0 fully saturated rings. The number of pyridine rings is 2. The van der Waals surface area contributed by atoms with E-state index in [0.29, 0.717) is 0 Å². The second-order valence-corrected chi connectivity index (χ2v) is 9.24. The Hall–Kier alpha value is -4.17. The van der Waals surface area contributed by atoms with E-state index in [1.165, 1.54) is 0 Å². The predicted octanol–water partition coefficient (Wildman–Crippen LogP) is 5.97. The van der Waals surface area contributed by atoms with E-state index in [9.17, 15) is 0 Å². The fourth-order valence-corrected chi connectivity index (χ4v) is 4.94. The Morgan fingerprint density at radius 3 is 2.40 bits per heavy atom. The van der Waals surface area contributed by atoms with E-state index in [4.69, 9.17) is 9.97 Å². The minimum Gasteiger partial charge on any atom is -0.297 e. The van der Waals surface area contributed by atoms with Crippen molar-refractivity contribution < 1.29 is 0 Å². The minimum atomic E-state index is 0.819. The summed E-state index contributed by atoms with van der Waals surface area (Å²) in [4.78, 5) is 23.5. The molecule has 5 aromatic heterocycles. The number of fused-ring (bicyclic) bond motifs is 1. The van der Waals surface area contributed by atoms with Crippen LogP contribution in [0.3, 0.4) is 0 Å². The molecule has 0 bridgehead atoms. The second kappa shape index (κ2) is 8.56. The van der Waals surface area contributed by atoms with Crippen LogP contribution < -0.4 is 0 Å². The number of aryl methyl sites for hydroxylation is 3. The molecule has 0 unspecified atom stereocenters. The summed E-state index contributed by atoms with van der Waals surface area (Å²) in [6.07, 6.45) is 6.54. The normalized spacial score (nSPS) is 11.4. The van der Waals surface area contributed by atoms with Gasteiger partial charge in [-0.25, -0.2) is 19.9 Å². The van der Waals surface area contributed by atoms with Gasteiger partial charge in [0.05, 0.1) is 11.9 Å². The van der Waals surface area contributed by atoms with Gasteiger partial charge in [0.25, 0.3) is 0 Å². The zero-order valence-corrected chi connectivity index (χ0v) is 20.5. The molecule has 6 aromatic rings. The lowest BCUT2D eigenvalue weighted by molar-refractivity contribution is 0.901. The van der Waals surface area contributed by atoms with Crippen molar-refractivity contribution in [2.75, 3.05) is 0 Å². The molecule has 0 saturated heterocycles. The van der Waals surface area contributed by atoms with Gasteiger partial charge in [0.2, 0.25) is 0 Å². The van der Waals surface area contributed by atoms with Crippen LogP contribution in [0.5, 0.6) is 0 Å². The summed E-state index contributed by atoms with van der Waals surface area (Å²) in [7, 11) is 0. The summed E-state index contributed by atoms with van der Waals surface area (Å²) in [6, 6.07) is 16.4. The first-order chi connectivity index (χ1) is 17.1. The van der Waals surface area contributed by atoms with E-state index in [2.05, 4.69) is 61.3 Å². The number of hydrogen-bond acceptors (Lipinski definition) is 6. The van der Waals surface area contributed by atoms with Gasteiger partial charge < -0.3 is 0 Å². The maximum absolute atomic E-state index is 4.99. The second-order valence-electron chi connectivity index (χ2n) is 8.38. The van der Waals surface area contributed by atoms with Gasteiger partial charge in [0, 0.05) is 46.8 Å². The van der Waals surface area contributed by atoms with E-state index in [1.54, 1.807) is 11.3 Å². The molecule has 0 amide bonds. The largest absolute Gasteiger partial charge is 0.297 e. The molecular weight excluding hydrogens is 454 g/mol. The minimum absolute atomic E-state index is 0.819. The average Bonchev–Trinajstić information content (AvgIpc) is 3.61. The molecule has 172 valence electrons. The summed E-state index contributed by atoms with van der Waals surface area (Å²) in [5.74, 6) is 1.83. The first kappa shape index (κ1) is 21.4. The molecule has 0 atom stereocenters. The molecule has 0 radical (unpaired) electrons. The van der Waals surface area contributed by atoms with Crippen LogP contribution in [0.2, 0.25) is 0 Å². The number of imidazole rings is 2. The fourth-order valence-electron chi connectivity index (χ4n) is 4.19. The van der Waals surface area contributed by atoms with Crippen molar-refractivity contribution in [2.45, 2.75) is 27.2 Å². The number of hydrogen-bond donors (Lipinski definition) is 0. The third-order valence-electron chi connectivity index (χ3n) is 5.90. The first-order valence-corrected chi connectivity index (χ1v) is 12.4. The maximum Gasteiger partial charge on any atom is 0.164 e. The van der Waals surface area contributed by atoms with Gasteiger partial charge >= 0.3 is 0 Å². The van der Waals surface area contributed by atoms with Crippen molar-refractivity contribution in [2.24, 2.45) is 0 Å². The zero-order valence-electron chi connectivity index (χ0n) is 19.7. The third kappa shape index (κ3) is 3.81. The molecular formula is C27H23N7S. The Labute approximate surface area is 206 Å². The molecule has 0 aliphatic heterocycles. The van der Waals surface area contributed by atoms with E-state index in [1.807, 2.05) is 56.0 Å². The molecule has 0 N–H and O–H groups in total. The molecule has 1 aromatic carbocycles. The molecule has 5 heterocycles. The van der Waals surface area contributed by atoms with Gasteiger partial charge in [-0.1, -0.05) is 6.92 Å². The van der Waals surface area contributed by atoms with Crippen molar-refractivity contribution in [3.8, 4) is 33.5 Å². The Bertz CT molecular complexity index is 1640. The highest BCUT2D eigenvalue weighted by Crippen LogP contribution is 2.30. The molecule has 35 heavy (non-hydrogen) atoms. The molecule has 6 rings (SSSR count). The highest BCUT2D eigenvalue weighted by atomic mass is 32.1. The lowest BCUT2D eigenvalue weighted by atomic mass is 10.2. The smallest absolute Gasteiger partial charge is 0.164 e. The van der Waals surface area contributed by atoms with Crippen LogP contribution in [-0.2, 0) is 6.42 Å². The Kier molecular flexibility index (Phi) is 5.22. The van der Waals surface area contributed by atoms with Gasteiger partial charge in [-0.05, 0) is 62.4 Å². The van der Waals surface area contributed by atoms with Crippen molar-refractivity contribution >= 4 is 22.5 Å². The van der Waals surface area contributed by atoms with Crippen molar-refractivity contribution in [1.82, 2.24) is 34.1 Å². The van der Waals surface area contributed by atoms with Gasteiger partial charge in [-0.3, -0.25) is 14.1 Å². The predicted molar refractivity (Wildman–Crippen MR) is 139 cm³/mol. The quantitative estimate of drug-likeness (QED) is 0.306. The third-order valence-corrected chi connectivity index (χ3v) is 6.89. The summed E-state index contributed by atoms with van der Waals surface area (Å²) >= 11 is 1.60. The number of aromatic nitrogens is 7. The van der Waals surface area contributed by atoms with Crippen LogP contribution in [0.1, 0.15) is 24.1 Å².